The number of nitrogens with one attached hydrogen (secondary N) is 1. The number of aromatic nitrogens is 5. The highest BCUT2D eigenvalue weighted by atomic mass is 32.1. The summed E-state index contributed by atoms with van der Waals surface area (Å²) in [6.07, 6.45) is -3.31. The van der Waals surface area contributed by atoms with Crippen molar-refractivity contribution in [2.24, 2.45) is 7.05 Å². The quantitative estimate of drug-likeness (QED) is 0.735. The van der Waals surface area contributed by atoms with Gasteiger partial charge in [-0.3, -0.25) is 14.3 Å². The maximum absolute atomic E-state index is 13.1. The number of rotatable bonds is 2. The van der Waals surface area contributed by atoms with Crippen LogP contribution in [0.4, 0.5) is 13.2 Å². The first-order valence-corrected chi connectivity index (χ1v) is 6.63. The van der Waals surface area contributed by atoms with Crippen molar-refractivity contribution in [1.82, 2.24) is 24.5 Å². The number of benzene rings is 1. The van der Waals surface area contributed by atoms with Crippen molar-refractivity contribution in [2.45, 2.75) is 6.18 Å². The molecule has 3 rings (SSSR count). The van der Waals surface area contributed by atoms with Gasteiger partial charge in [-0.25, -0.2) is 0 Å². The Balaban J connectivity index is 2.26. The van der Waals surface area contributed by atoms with E-state index in [-0.39, 0.29) is 16.2 Å². The van der Waals surface area contributed by atoms with Crippen LogP contribution in [0.2, 0.25) is 0 Å². The van der Waals surface area contributed by atoms with E-state index in [1.807, 2.05) is 0 Å². The van der Waals surface area contributed by atoms with Crippen LogP contribution in [0.25, 0.3) is 17.1 Å². The number of halogens is 3. The molecule has 0 fully saturated rings. The highest BCUT2D eigenvalue weighted by Crippen LogP contribution is 2.35. The molecule has 0 saturated heterocycles. The summed E-state index contributed by atoms with van der Waals surface area (Å²) in [4.78, 5) is 0. The van der Waals surface area contributed by atoms with Crippen LogP contribution >= 0.6 is 12.2 Å². The van der Waals surface area contributed by atoms with E-state index in [4.69, 9.17) is 12.2 Å². The fourth-order valence-corrected chi connectivity index (χ4v) is 2.39. The summed E-state index contributed by atoms with van der Waals surface area (Å²) in [7, 11) is 1.42. The van der Waals surface area contributed by atoms with Gasteiger partial charge in [0.25, 0.3) is 0 Å². The number of nitrogens with zero attached hydrogens (tertiary/aromatic N) is 4. The molecule has 0 amide bonds. The summed E-state index contributed by atoms with van der Waals surface area (Å²) in [5, 5.41) is 9.97. The Morgan fingerprint density at radius 1 is 1.18 bits per heavy atom. The molecule has 0 aliphatic heterocycles. The second kappa shape index (κ2) is 5.09. The molecule has 114 valence electrons. The third-order valence-corrected chi connectivity index (χ3v) is 3.30. The monoisotopic (exact) mass is 325 g/mol. The Morgan fingerprint density at radius 3 is 2.50 bits per heavy atom. The molecule has 0 bridgehead atoms. The summed E-state index contributed by atoms with van der Waals surface area (Å²) >= 11 is 5.13. The molecule has 22 heavy (non-hydrogen) atoms. The fourth-order valence-electron chi connectivity index (χ4n) is 2.16. The first-order chi connectivity index (χ1) is 10.4. The molecule has 2 aromatic heterocycles. The van der Waals surface area contributed by atoms with Gasteiger partial charge in [0.05, 0.1) is 5.56 Å². The summed E-state index contributed by atoms with van der Waals surface area (Å²) in [6, 6.07) is 8.80. The Labute approximate surface area is 128 Å². The molecular formula is C13H10F3N5S. The predicted octanol–water partition coefficient (Wildman–Crippen LogP) is 3.35. The van der Waals surface area contributed by atoms with Crippen molar-refractivity contribution in [3.8, 4) is 17.1 Å². The number of alkyl halides is 3. The fraction of sp³-hybridized carbons (Fsp3) is 0.154. The van der Waals surface area contributed by atoms with Gasteiger partial charge in [-0.05, 0) is 24.4 Å². The zero-order chi connectivity index (χ0) is 15.9. The van der Waals surface area contributed by atoms with E-state index >= 15 is 0 Å². The van der Waals surface area contributed by atoms with E-state index in [2.05, 4.69) is 15.3 Å². The number of hydrogen-bond acceptors (Lipinski definition) is 3. The maximum atomic E-state index is 13.1. The first-order valence-electron chi connectivity index (χ1n) is 6.22. The van der Waals surface area contributed by atoms with Crippen molar-refractivity contribution in [2.75, 3.05) is 0 Å². The Kier molecular flexibility index (Phi) is 3.36. The number of para-hydroxylation sites is 1. The molecule has 2 heterocycles. The molecule has 9 heteroatoms. The topological polar surface area (TPSA) is 51.4 Å². The van der Waals surface area contributed by atoms with Gasteiger partial charge in [0.2, 0.25) is 0 Å². The van der Waals surface area contributed by atoms with Gasteiger partial charge in [0.15, 0.2) is 16.3 Å². The first kappa shape index (κ1) is 14.5. The van der Waals surface area contributed by atoms with Crippen molar-refractivity contribution in [3.05, 3.63) is 47.0 Å². The normalized spacial score (nSPS) is 11.8. The van der Waals surface area contributed by atoms with Crippen LogP contribution in [0.5, 0.6) is 0 Å². The molecule has 1 N–H and O–H groups in total. The minimum absolute atomic E-state index is 0.0663. The summed E-state index contributed by atoms with van der Waals surface area (Å²) in [5.41, 5.74) is -0.513. The summed E-state index contributed by atoms with van der Waals surface area (Å²) in [5.74, 6) is 0.0663. The lowest BCUT2D eigenvalue weighted by atomic mass is 10.2. The number of H-pyrrole nitrogens is 1. The molecular weight excluding hydrogens is 315 g/mol. The van der Waals surface area contributed by atoms with Crippen LogP contribution in [0.3, 0.4) is 0 Å². The third kappa shape index (κ3) is 2.43. The second-order valence-electron chi connectivity index (χ2n) is 4.59. The highest BCUT2D eigenvalue weighted by Gasteiger charge is 2.38. The van der Waals surface area contributed by atoms with Gasteiger partial charge >= 0.3 is 6.18 Å². The lowest BCUT2D eigenvalue weighted by Crippen LogP contribution is -2.09. The van der Waals surface area contributed by atoms with E-state index in [0.29, 0.717) is 5.69 Å². The molecule has 0 aliphatic rings. The lowest BCUT2D eigenvalue weighted by molar-refractivity contribution is -0.141. The number of hydrogen-bond donors (Lipinski definition) is 1. The van der Waals surface area contributed by atoms with Gasteiger partial charge < -0.3 is 0 Å². The maximum Gasteiger partial charge on any atom is 0.435 e. The van der Waals surface area contributed by atoms with Gasteiger partial charge in [-0.15, -0.1) is 0 Å². The van der Waals surface area contributed by atoms with Crippen molar-refractivity contribution in [3.63, 3.8) is 0 Å². The predicted molar refractivity (Wildman–Crippen MR) is 76.0 cm³/mol. The molecule has 5 nitrogen and oxygen atoms in total. The number of aryl methyl sites for hydroxylation is 1. The average Bonchev–Trinajstić information content (AvgIpc) is 3.02. The Bertz CT molecular complexity index is 860. The molecule has 0 spiro atoms. The van der Waals surface area contributed by atoms with Crippen LogP contribution in [-0.2, 0) is 13.2 Å². The Hall–Kier alpha value is -2.42. The van der Waals surface area contributed by atoms with E-state index in [0.717, 1.165) is 4.68 Å². The molecule has 0 saturated carbocycles. The second-order valence-corrected chi connectivity index (χ2v) is 4.97. The van der Waals surface area contributed by atoms with E-state index in [1.54, 1.807) is 30.3 Å². The standard InChI is InChI=1S/C13H10F3N5S/c1-20-7-9(10(19-20)13(14,15)16)11-17-18-12(22)21(11)8-5-3-2-4-6-8/h2-7H,1H3,(H,18,22). The third-order valence-electron chi connectivity index (χ3n) is 3.02. The number of aromatic amines is 1. The van der Waals surface area contributed by atoms with Crippen LogP contribution in [0, 0.1) is 4.77 Å². The largest absolute Gasteiger partial charge is 0.435 e. The SMILES string of the molecule is Cn1cc(-c2n[nH]c(=S)n2-c2ccccc2)c(C(F)(F)F)n1. The smallest absolute Gasteiger partial charge is 0.274 e. The zero-order valence-electron chi connectivity index (χ0n) is 11.3. The van der Waals surface area contributed by atoms with Crippen molar-refractivity contribution < 1.29 is 13.2 Å². The highest BCUT2D eigenvalue weighted by molar-refractivity contribution is 7.71. The summed E-state index contributed by atoms with van der Waals surface area (Å²) < 4.78 is 42.2. The minimum Gasteiger partial charge on any atom is -0.274 e. The molecule has 0 unspecified atom stereocenters. The summed E-state index contributed by atoms with van der Waals surface area (Å²) in [6.45, 7) is 0. The van der Waals surface area contributed by atoms with Crippen LogP contribution in [0.1, 0.15) is 5.69 Å². The van der Waals surface area contributed by atoms with Gasteiger partial charge in [0, 0.05) is 18.9 Å². The van der Waals surface area contributed by atoms with E-state index in [9.17, 15) is 13.2 Å². The molecule has 3 aromatic rings. The van der Waals surface area contributed by atoms with Gasteiger partial charge in [-0.2, -0.15) is 23.4 Å². The lowest BCUT2D eigenvalue weighted by Gasteiger charge is -2.08. The van der Waals surface area contributed by atoms with Gasteiger partial charge in [-0.1, -0.05) is 18.2 Å². The molecule has 0 atom stereocenters. The van der Waals surface area contributed by atoms with E-state index in [1.165, 1.54) is 17.8 Å². The zero-order valence-corrected chi connectivity index (χ0v) is 12.1. The van der Waals surface area contributed by atoms with Gasteiger partial charge in [0.1, 0.15) is 0 Å². The molecule has 1 aromatic carbocycles. The van der Waals surface area contributed by atoms with Crippen LogP contribution < -0.4 is 0 Å². The van der Waals surface area contributed by atoms with Crippen molar-refractivity contribution in [1.29, 1.82) is 0 Å². The van der Waals surface area contributed by atoms with E-state index < -0.39 is 11.9 Å². The van der Waals surface area contributed by atoms with Crippen LogP contribution in [0.15, 0.2) is 36.5 Å². The minimum atomic E-state index is -4.58. The van der Waals surface area contributed by atoms with Crippen LogP contribution in [-0.4, -0.2) is 24.5 Å². The molecule has 0 aliphatic carbocycles. The molecule has 0 radical (unpaired) electrons. The average molecular weight is 325 g/mol. The van der Waals surface area contributed by atoms with Crippen molar-refractivity contribution >= 4 is 12.2 Å². The Morgan fingerprint density at radius 2 is 1.86 bits per heavy atom.